The lowest BCUT2D eigenvalue weighted by Crippen LogP contribution is -2.48. The van der Waals surface area contributed by atoms with E-state index in [-0.39, 0.29) is 12.5 Å². The fourth-order valence-electron chi connectivity index (χ4n) is 1.67. The molecule has 0 radical (unpaired) electrons. The third kappa shape index (κ3) is 5.97. The number of aliphatic hydroxyl groups excluding tert-OH is 1. The minimum absolute atomic E-state index is 0.0262. The van der Waals surface area contributed by atoms with Crippen LogP contribution in [0.4, 0.5) is 0 Å². The molecule has 0 aliphatic carbocycles. The molecule has 0 bridgehead atoms. The minimum atomic E-state index is 0.0262. The van der Waals surface area contributed by atoms with Crippen LogP contribution in [0.5, 0.6) is 0 Å². The molecule has 6 heteroatoms. The molecule has 0 saturated carbocycles. The van der Waals surface area contributed by atoms with Gasteiger partial charge < -0.3 is 20.1 Å². The zero-order chi connectivity index (χ0) is 12.5. The monoisotopic (exact) mass is 245 g/mol. The number of nitrogens with zero attached hydrogens (tertiary/aromatic N) is 2. The molecular formula is C11H23N3O3. The summed E-state index contributed by atoms with van der Waals surface area (Å²) >= 11 is 0. The van der Waals surface area contributed by atoms with Crippen LogP contribution in [0.25, 0.3) is 0 Å². The van der Waals surface area contributed by atoms with Gasteiger partial charge in [-0.3, -0.25) is 9.69 Å². The van der Waals surface area contributed by atoms with E-state index in [0.717, 1.165) is 26.2 Å². The van der Waals surface area contributed by atoms with Crippen molar-refractivity contribution in [1.29, 1.82) is 0 Å². The Labute approximate surface area is 103 Å². The van der Waals surface area contributed by atoms with Crippen molar-refractivity contribution in [1.82, 2.24) is 15.1 Å². The molecule has 1 heterocycles. The van der Waals surface area contributed by atoms with Gasteiger partial charge in [-0.05, 0) is 0 Å². The molecule has 1 rings (SSSR count). The quantitative estimate of drug-likeness (QED) is 0.527. The van der Waals surface area contributed by atoms with Gasteiger partial charge in [-0.25, -0.2) is 0 Å². The van der Waals surface area contributed by atoms with Crippen molar-refractivity contribution in [2.45, 2.75) is 0 Å². The van der Waals surface area contributed by atoms with Crippen molar-refractivity contribution in [2.24, 2.45) is 0 Å². The van der Waals surface area contributed by atoms with Gasteiger partial charge in [0, 0.05) is 39.8 Å². The first kappa shape index (κ1) is 14.4. The first-order valence-electron chi connectivity index (χ1n) is 6.09. The Bertz CT molecular complexity index is 220. The molecule has 2 N–H and O–H groups in total. The first-order valence-corrected chi connectivity index (χ1v) is 6.09. The SMILES string of the molecule is CN(CCOCCO)C(=O)CN1CCNCC1. The molecule has 1 fully saturated rings. The average molecular weight is 245 g/mol. The van der Waals surface area contributed by atoms with Gasteiger partial charge in [0.2, 0.25) is 5.91 Å². The summed E-state index contributed by atoms with van der Waals surface area (Å²) in [6, 6.07) is 0. The zero-order valence-corrected chi connectivity index (χ0v) is 10.5. The Morgan fingerprint density at radius 2 is 2.12 bits per heavy atom. The van der Waals surface area contributed by atoms with Gasteiger partial charge in [0.15, 0.2) is 0 Å². The maximum absolute atomic E-state index is 11.8. The van der Waals surface area contributed by atoms with E-state index in [4.69, 9.17) is 9.84 Å². The molecule has 1 saturated heterocycles. The summed E-state index contributed by atoms with van der Waals surface area (Å²) in [5.41, 5.74) is 0. The highest BCUT2D eigenvalue weighted by molar-refractivity contribution is 5.77. The van der Waals surface area contributed by atoms with Gasteiger partial charge in [0.25, 0.3) is 0 Å². The lowest BCUT2D eigenvalue weighted by atomic mass is 10.3. The summed E-state index contributed by atoms with van der Waals surface area (Å²) in [4.78, 5) is 15.7. The molecule has 6 nitrogen and oxygen atoms in total. The number of piperazine rings is 1. The van der Waals surface area contributed by atoms with Crippen LogP contribution in [-0.2, 0) is 9.53 Å². The van der Waals surface area contributed by atoms with E-state index in [1.165, 1.54) is 0 Å². The zero-order valence-electron chi connectivity index (χ0n) is 10.5. The molecule has 100 valence electrons. The maximum atomic E-state index is 11.8. The summed E-state index contributed by atoms with van der Waals surface area (Å²) in [6.07, 6.45) is 0. The number of aliphatic hydroxyl groups is 1. The van der Waals surface area contributed by atoms with Crippen molar-refractivity contribution in [2.75, 3.05) is 66.1 Å². The lowest BCUT2D eigenvalue weighted by molar-refractivity contribution is -0.132. The Morgan fingerprint density at radius 1 is 1.41 bits per heavy atom. The molecule has 0 atom stereocenters. The van der Waals surface area contributed by atoms with Crippen LogP contribution in [0.3, 0.4) is 0 Å². The number of likely N-dealkylation sites (N-methyl/N-ethyl adjacent to an activating group) is 1. The molecule has 0 aromatic carbocycles. The molecule has 17 heavy (non-hydrogen) atoms. The van der Waals surface area contributed by atoms with E-state index < -0.39 is 0 Å². The van der Waals surface area contributed by atoms with Crippen LogP contribution >= 0.6 is 0 Å². The summed E-state index contributed by atoms with van der Waals surface area (Å²) in [6.45, 7) is 5.67. The van der Waals surface area contributed by atoms with Gasteiger partial charge in [-0.1, -0.05) is 0 Å². The molecule has 1 aliphatic heterocycles. The van der Waals surface area contributed by atoms with Crippen molar-refractivity contribution >= 4 is 5.91 Å². The van der Waals surface area contributed by atoms with Crippen LogP contribution in [-0.4, -0.2) is 87.0 Å². The first-order chi connectivity index (χ1) is 8.24. The Morgan fingerprint density at radius 3 is 2.76 bits per heavy atom. The summed E-state index contributed by atoms with van der Waals surface area (Å²) in [5, 5.41) is 11.8. The van der Waals surface area contributed by atoms with Crippen molar-refractivity contribution in [3.8, 4) is 0 Å². The number of nitrogens with one attached hydrogen (secondary N) is 1. The summed E-state index contributed by atoms with van der Waals surface area (Å²) < 4.78 is 5.13. The molecule has 0 aromatic heterocycles. The number of amides is 1. The topological polar surface area (TPSA) is 65.0 Å². The predicted octanol–water partition coefficient (Wildman–Crippen LogP) is -1.64. The van der Waals surface area contributed by atoms with E-state index in [2.05, 4.69) is 10.2 Å². The smallest absolute Gasteiger partial charge is 0.236 e. The van der Waals surface area contributed by atoms with Crippen LogP contribution in [0, 0.1) is 0 Å². The molecule has 1 amide bonds. The number of carbonyl (C=O) groups excluding carboxylic acids is 1. The number of hydrogen-bond acceptors (Lipinski definition) is 5. The predicted molar refractivity (Wildman–Crippen MR) is 64.9 cm³/mol. The van der Waals surface area contributed by atoms with Crippen LogP contribution < -0.4 is 5.32 Å². The third-order valence-corrected chi connectivity index (χ3v) is 2.80. The van der Waals surface area contributed by atoms with Crippen molar-refractivity contribution in [3.05, 3.63) is 0 Å². The normalized spacial score (nSPS) is 17.1. The van der Waals surface area contributed by atoms with E-state index in [1.807, 2.05) is 0 Å². The van der Waals surface area contributed by atoms with Crippen LogP contribution in [0.15, 0.2) is 0 Å². The Hall–Kier alpha value is -0.690. The van der Waals surface area contributed by atoms with E-state index in [9.17, 15) is 4.79 Å². The number of rotatable bonds is 7. The highest BCUT2D eigenvalue weighted by Gasteiger charge is 2.15. The second-order valence-electron chi connectivity index (χ2n) is 4.18. The fourth-order valence-corrected chi connectivity index (χ4v) is 1.67. The third-order valence-electron chi connectivity index (χ3n) is 2.80. The molecule has 0 spiro atoms. The summed E-state index contributed by atoms with van der Waals surface area (Å²) in [5.74, 6) is 0.125. The molecule has 1 aliphatic rings. The average Bonchev–Trinajstić information content (AvgIpc) is 2.35. The van der Waals surface area contributed by atoms with Crippen LogP contribution in [0.1, 0.15) is 0 Å². The molecule has 0 aromatic rings. The van der Waals surface area contributed by atoms with Gasteiger partial charge in [0.1, 0.15) is 0 Å². The second kappa shape index (κ2) is 8.41. The largest absolute Gasteiger partial charge is 0.394 e. The highest BCUT2D eigenvalue weighted by atomic mass is 16.5. The fraction of sp³-hybridized carbons (Fsp3) is 0.909. The minimum Gasteiger partial charge on any atom is -0.394 e. The molecular weight excluding hydrogens is 222 g/mol. The molecule has 0 unspecified atom stereocenters. The van der Waals surface area contributed by atoms with E-state index in [0.29, 0.717) is 26.3 Å². The van der Waals surface area contributed by atoms with Crippen LogP contribution in [0.2, 0.25) is 0 Å². The van der Waals surface area contributed by atoms with Gasteiger partial charge in [-0.15, -0.1) is 0 Å². The Kier molecular flexibility index (Phi) is 7.11. The van der Waals surface area contributed by atoms with Crippen molar-refractivity contribution < 1.29 is 14.6 Å². The lowest BCUT2D eigenvalue weighted by Gasteiger charge is -2.28. The number of hydrogen-bond donors (Lipinski definition) is 2. The standard InChI is InChI=1S/C11H23N3O3/c1-13(6-8-17-9-7-15)11(16)10-14-4-2-12-3-5-14/h12,15H,2-10H2,1H3. The maximum Gasteiger partial charge on any atom is 0.236 e. The Balaban J connectivity index is 2.12. The number of ether oxygens (including phenoxy) is 1. The van der Waals surface area contributed by atoms with Crippen molar-refractivity contribution in [3.63, 3.8) is 0 Å². The van der Waals surface area contributed by atoms with E-state index in [1.54, 1.807) is 11.9 Å². The highest BCUT2D eigenvalue weighted by Crippen LogP contribution is 1.95. The van der Waals surface area contributed by atoms with Gasteiger partial charge in [-0.2, -0.15) is 0 Å². The number of carbonyl (C=O) groups is 1. The van der Waals surface area contributed by atoms with Gasteiger partial charge >= 0.3 is 0 Å². The second-order valence-corrected chi connectivity index (χ2v) is 4.18. The summed E-state index contributed by atoms with van der Waals surface area (Å²) in [7, 11) is 1.78. The van der Waals surface area contributed by atoms with Gasteiger partial charge in [0.05, 0.1) is 26.4 Å². The van der Waals surface area contributed by atoms with E-state index >= 15 is 0 Å².